The van der Waals surface area contributed by atoms with Gasteiger partial charge in [-0.2, -0.15) is 0 Å². The number of nitrogens with zero attached hydrogens (tertiary/aromatic N) is 1. The van der Waals surface area contributed by atoms with E-state index in [2.05, 4.69) is 40.8 Å². The SMILES string of the molecule is C=CC1=C(\C=C)N(C)Cc2ccccc2/C(NCCOCCOCCOCCOCCOCCNC(=O)c2ccc(-c3cc(=O)c4ccc(OC)c(OC)c4o3)cc2)=C\1N.CC.O=CCCC=O. The molecule has 0 saturated heterocycles. The lowest BCUT2D eigenvalue weighted by atomic mass is 9.96. The van der Waals surface area contributed by atoms with E-state index in [0.29, 0.717) is 138 Å². The Kier molecular flexibility index (Phi) is 26.4. The van der Waals surface area contributed by atoms with E-state index in [4.69, 9.17) is 43.3 Å². The fourth-order valence-corrected chi connectivity index (χ4v) is 6.70. The van der Waals surface area contributed by atoms with Gasteiger partial charge in [0.15, 0.2) is 16.8 Å². The number of benzene rings is 3. The molecule has 3 aromatic carbocycles. The molecule has 0 aliphatic carbocycles. The van der Waals surface area contributed by atoms with Crippen molar-refractivity contribution in [1.82, 2.24) is 15.5 Å². The zero-order chi connectivity index (χ0) is 49.5. The van der Waals surface area contributed by atoms with E-state index in [1.165, 1.54) is 20.3 Å². The number of unbranched alkanes of at least 4 members (excludes halogenated alkanes) is 1. The Balaban J connectivity index is 0.00000142. The summed E-state index contributed by atoms with van der Waals surface area (Å²) in [5.74, 6) is 0.881. The Morgan fingerprint density at radius 1 is 0.765 bits per heavy atom. The van der Waals surface area contributed by atoms with Crippen LogP contribution in [0.15, 0.2) is 118 Å². The fourth-order valence-electron chi connectivity index (χ4n) is 6.70. The molecule has 0 saturated carbocycles. The number of ether oxygens (including phenoxy) is 7. The summed E-state index contributed by atoms with van der Waals surface area (Å²) in [6.07, 6.45) is 5.77. The van der Waals surface area contributed by atoms with Crippen LogP contribution in [0.2, 0.25) is 0 Å². The summed E-state index contributed by atoms with van der Waals surface area (Å²) in [4.78, 5) is 46.4. The van der Waals surface area contributed by atoms with Crippen LogP contribution in [0.1, 0.15) is 48.2 Å². The van der Waals surface area contributed by atoms with Gasteiger partial charge in [0.25, 0.3) is 5.91 Å². The summed E-state index contributed by atoms with van der Waals surface area (Å²) < 4.78 is 44.9. The number of carbonyl (C=O) groups is 3. The third-order valence-corrected chi connectivity index (χ3v) is 9.98. The van der Waals surface area contributed by atoms with Crippen molar-refractivity contribution in [1.29, 1.82) is 0 Å². The molecule has 0 fully saturated rings. The molecule has 0 bridgehead atoms. The topological polar surface area (TPSA) is 199 Å². The number of hydrogen-bond acceptors (Lipinski definition) is 15. The molecular weight excluding hydrogens is 873 g/mol. The highest BCUT2D eigenvalue weighted by Crippen LogP contribution is 2.36. The van der Waals surface area contributed by atoms with Crippen molar-refractivity contribution in [2.45, 2.75) is 33.2 Å². The van der Waals surface area contributed by atoms with E-state index in [1.54, 1.807) is 42.5 Å². The smallest absolute Gasteiger partial charge is 0.251 e. The van der Waals surface area contributed by atoms with Crippen molar-refractivity contribution >= 4 is 35.1 Å². The van der Waals surface area contributed by atoms with Gasteiger partial charge in [0.2, 0.25) is 5.75 Å². The number of carbonyl (C=O) groups excluding carboxylic acids is 3. The number of aldehydes is 2. The Bertz CT molecular complexity index is 2320. The van der Waals surface area contributed by atoms with Gasteiger partial charge in [-0.15, -0.1) is 0 Å². The van der Waals surface area contributed by atoms with Crippen LogP contribution in [-0.2, 0) is 39.8 Å². The first-order chi connectivity index (χ1) is 33.2. The molecule has 1 aliphatic heterocycles. The molecule has 4 aromatic rings. The molecule has 1 aliphatic rings. The maximum Gasteiger partial charge on any atom is 0.251 e. The van der Waals surface area contributed by atoms with Gasteiger partial charge in [-0.3, -0.25) is 9.59 Å². The second-order valence-electron chi connectivity index (χ2n) is 14.4. The summed E-state index contributed by atoms with van der Waals surface area (Å²) in [6.45, 7) is 17.9. The van der Waals surface area contributed by atoms with Gasteiger partial charge in [-0.05, 0) is 35.9 Å². The Morgan fingerprint density at radius 3 is 1.88 bits per heavy atom. The van der Waals surface area contributed by atoms with E-state index >= 15 is 0 Å². The maximum absolute atomic E-state index is 12.8. The zero-order valence-electron chi connectivity index (χ0n) is 40.1. The molecule has 16 nitrogen and oxygen atoms in total. The predicted molar refractivity (Wildman–Crippen MR) is 265 cm³/mol. The molecule has 368 valence electrons. The van der Waals surface area contributed by atoms with E-state index in [-0.39, 0.29) is 16.9 Å². The number of methoxy groups -OCH3 is 2. The molecule has 1 aromatic heterocycles. The number of fused-ring (bicyclic) bond motifs is 2. The molecule has 68 heavy (non-hydrogen) atoms. The zero-order valence-corrected chi connectivity index (χ0v) is 40.1. The monoisotopic (exact) mass is 940 g/mol. The largest absolute Gasteiger partial charge is 0.493 e. The standard InChI is InChI=1S/C46H56N4O10.C4H6O2.C2H6/c1-6-35-38(7-2)50(3)31-34-10-8-9-11-36(34)43(42(35)47)48-18-20-55-22-24-57-26-28-59-29-27-58-25-23-56-21-19-49-46(52)33-14-12-32(13-15-33)41-30-39(51)37-16-17-40(53-4)45(54-5)44(37)60-41;5-3-1-2-4-6;1-2/h6-17,30,48H,1-2,18-29,31,47H2,3-5H3,(H,49,52);3-4H,1-2H2;1-2H3/b38-35-,43-42-;;. The third-order valence-electron chi connectivity index (χ3n) is 9.98. The number of allylic oxidation sites excluding steroid dienone is 2. The first-order valence-corrected chi connectivity index (χ1v) is 22.6. The minimum atomic E-state index is -0.248. The Labute approximate surface area is 399 Å². The van der Waals surface area contributed by atoms with Crippen molar-refractivity contribution in [3.63, 3.8) is 0 Å². The average Bonchev–Trinajstić information content (AvgIpc) is 3.36. The van der Waals surface area contributed by atoms with Crippen molar-refractivity contribution in [2.75, 3.05) is 100 Å². The van der Waals surface area contributed by atoms with Gasteiger partial charge in [-0.25, -0.2) is 0 Å². The van der Waals surface area contributed by atoms with Crippen molar-refractivity contribution in [2.24, 2.45) is 5.73 Å². The van der Waals surface area contributed by atoms with Gasteiger partial charge >= 0.3 is 0 Å². The number of nitrogens with two attached hydrogens (primary N) is 1. The maximum atomic E-state index is 12.8. The quantitative estimate of drug-likeness (QED) is 0.0413. The van der Waals surface area contributed by atoms with Crippen LogP contribution in [0.3, 0.4) is 0 Å². The first kappa shape index (κ1) is 55.8. The number of nitrogens with one attached hydrogen (secondary N) is 2. The van der Waals surface area contributed by atoms with Crippen molar-refractivity contribution in [3.8, 4) is 22.8 Å². The highest BCUT2D eigenvalue weighted by Gasteiger charge is 2.21. The van der Waals surface area contributed by atoms with E-state index in [1.807, 2.05) is 39.1 Å². The van der Waals surface area contributed by atoms with Gasteiger partial charge < -0.3 is 68.4 Å². The molecule has 1 amide bonds. The summed E-state index contributed by atoms with van der Waals surface area (Å²) in [7, 11) is 5.02. The number of amides is 1. The van der Waals surface area contributed by atoms with Gasteiger partial charge in [0.1, 0.15) is 18.3 Å². The van der Waals surface area contributed by atoms with Gasteiger partial charge in [-0.1, -0.05) is 69.5 Å². The second kappa shape index (κ2) is 32.2. The second-order valence-corrected chi connectivity index (χ2v) is 14.4. The molecule has 0 radical (unpaired) electrons. The van der Waals surface area contributed by atoms with Crippen LogP contribution in [0.5, 0.6) is 11.5 Å². The first-order valence-electron chi connectivity index (χ1n) is 22.6. The number of hydrogen-bond donors (Lipinski definition) is 3. The molecule has 0 unspecified atom stereocenters. The number of rotatable bonds is 28. The van der Waals surface area contributed by atoms with Crippen LogP contribution in [0.4, 0.5) is 0 Å². The van der Waals surface area contributed by atoms with Crippen molar-refractivity contribution in [3.05, 3.63) is 136 Å². The van der Waals surface area contributed by atoms with Crippen LogP contribution in [0.25, 0.3) is 28.0 Å². The molecule has 5 rings (SSSR count). The molecule has 0 atom stereocenters. The average molecular weight is 941 g/mol. The fraction of sp³-hybridized carbons (Fsp3) is 0.385. The summed E-state index contributed by atoms with van der Waals surface area (Å²) in [5, 5.41) is 6.69. The molecule has 0 spiro atoms. The normalized spacial score (nSPS) is 14.2. The van der Waals surface area contributed by atoms with Crippen molar-refractivity contribution < 1.29 is 52.0 Å². The molecular formula is C52H68N4O12. The summed E-state index contributed by atoms with van der Waals surface area (Å²) in [5.41, 5.74) is 13.3. The lowest BCUT2D eigenvalue weighted by Crippen LogP contribution is -2.28. The third kappa shape index (κ3) is 17.3. The van der Waals surface area contributed by atoms with Crippen LogP contribution >= 0.6 is 0 Å². The number of likely N-dealkylation sites (N-methyl/N-ethyl adjacent to an activating group) is 1. The van der Waals surface area contributed by atoms with Gasteiger partial charge in [0.05, 0.1) is 97.1 Å². The lowest BCUT2D eigenvalue weighted by molar-refractivity contribution is -0.112. The van der Waals surface area contributed by atoms with Crippen LogP contribution in [-0.4, -0.2) is 124 Å². The van der Waals surface area contributed by atoms with E-state index in [9.17, 15) is 19.2 Å². The lowest BCUT2D eigenvalue weighted by Gasteiger charge is -2.29. The Hall–Kier alpha value is -6.56. The highest BCUT2D eigenvalue weighted by atomic mass is 16.6. The Morgan fingerprint density at radius 2 is 1.34 bits per heavy atom. The van der Waals surface area contributed by atoms with Crippen LogP contribution < -0.4 is 31.3 Å². The molecule has 16 heteroatoms. The van der Waals surface area contributed by atoms with Crippen LogP contribution in [0, 0.1) is 0 Å². The minimum absolute atomic E-state index is 0.219. The van der Waals surface area contributed by atoms with E-state index < -0.39 is 0 Å². The van der Waals surface area contributed by atoms with E-state index in [0.717, 1.165) is 40.7 Å². The van der Waals surface area contributed by atoms with Gasteiger partial charge in [0, 0.05) is 73.6 Å². The summed E-state index contributed by atoms with van der Waals surface area (Å²) >= 11 is 0. The predicted octanol–water partition coefficient (Wildman–Crippen LogP) is 6.47. The summed E-state index contributed by atoms with van der Waals surface area (Å²) in [6, 6.07) is 19.7. The minimum Gasteiger partial charge on any atom is -0.493 e. The molecule has 4 N–H and O–H groups in total. The molecule has 2 heterocycles. The highest BCUT2D eigenvalue weighted by molar-refractivity contribution is 5.94.